The van der Waals surface area contributed by atoms with Gasteiger partial charge in [-0.25, -0.2) is 0 Å². The summed E-state index contributed by atoms with van der Waals surface area (Å²) < 4.78 is 5.88. The highest BCUT2D eigenvalue weighted by Gasteiger charge is 2.19. The quantitative estimate of drug-likeness (QED) is 0.276. The fraction of sp³-hybridized carbons (Fsp3) is 0.381. The highest BCUT2D eigenvalue weighted by atomic mass is 16.5. The van der Waals surface area contributed by atoms with Crippen LogP contribution in [0.5, 0.6) is 5.75 Å². The number of nitrogens with zero attached hydrogens (tertiary/aromatic N) is 1. The van der Waals surface area contributed by atoms with Gasteiger partial charge in [-0.1, -0.05) is 31.4 Å². The molecule has 0 aliphatic heterocycles. The maximum absolute atomic E-state index is 10.7. The maximum atomic E-state index is 10.7. The zero-order valence-corrected chi connectivity index (χ0v) is 14.4. The predicted octanol–water partition coefficient (Wildman–Crippen LogP) is 5.57. The Kier molecular flexibility index (Phi) is 5.94. The summed E-state index contributed by atoms with van der Waals surface area (Å²) in [5.74, 6) is 0.904. The van der Waals surface area contributed by atoms with Gasteiger partial charge in [0.25, 0.3) is 0 Å². The van der Waals surface area contributed by atoms with Crippen molar-refractivity contribution in [2.24, 2.45) is 5.18 Å². The van der Waals surface area contributed by atoms with Gasteiger partial charge in [-0.2, -0.15) is 0 Å². The van der Waals surface area contributed by atoms with Crippen molar-refractivity contribution >= 4 is 12.0 Å². The predicted molar refractivity (Wildman–Crippen MR) is 99.4 cm³/mol. The van der Waals surface area contributed by atoms with E-state index < -0.39 is 0 Å². The first-order chi connectivity index (χ1) is 12.3. The Morgan fingerprint density at radius 1 is 0.920 bits per heavy atom. The van der Waals surface area contributed by atoms with Crippen molar-refractivity contribution in [2.45, 2.75) is 44.9 Å². The van der Waals surface area contributed by atoms with Crippen LogP contribution in [0.2, 0.25) is 0 Å². The largest absolute Gasteiger partial charge is 0.494 e. The SMILES string of the molecule is O=CCCCCCCCOc1ccc2c(c1)Cc1cc(N=O)ccc1-2. The number of unbranched alkanes of at least 4 members (excludes halogenated alkanes) is 5. The number of carbonyl (C=O) groups excluding carboxylic acids is 1. The lowest BCUT2D eigenvalue weighted by molar-refractivity contribution is -0.107. The van der Waals surface area contributed by atoms with E-state index in [0.29, 0.717) is 12.1 Å². The van der Waals surface area contributed by atoms with E-state index in [-0.39, 0.29) is 0 Å². The molecule has 0 bridgehead atoms. The normalized spacial score (nSPS) is 11.7. The maximum Gasteiger partial charge on any atom is 0.119 e. The Hall–Kier alpha value is -2.49. The third-order valence-electron chi connectivity index (χ3n) is 4.68. The number of hydrogen-bond acceptors (Lipinski definition) is 4. The van der Waals surface area contributed by atoms with Gasteiger partial charge >= 0.3 is 0 Å². The molecule has 0 radical (unpaired) electrons. The van der Waals surface area contributed by atoms with Crippen LogP contribution < -0.4 is 4.74 Å². The average Bonchev–Trinajstić information content (AvgIpc) is 3.00. The summed E-state index contributed by atoms with van der Waals surface area (Å²) in [6.45, 7) is 0.721. The van der Waals surface area contributed by atoms with Gasteiger partial charge in [-0.3, -0.25) is 0 Å². The van der Waals surface area contributed by atoms with Crippen molar-refractivity contribution in [2.75, 3.05) is 6.61 Å². The number of hydrogen-bond donors (Lipinski definition) is 0. The molecule has 0 spiro atoms. The molecule has 0 saturated heterocycles. The van der Waals surface area contributed by atoms with E-state index in [1.807, 2.05) is 18.2 Å². The van der Waals surface area contributed by atoms with Gasteiger partial charge < -0.3 is 9.53 Å². The first kappa shape index (κ1) is 17.3. The van der Waals surface area contributed by atoms with Crippen LogP contribution in [0, 0.1) is 4.91 Å². The molecule has 3 rings (SSSR count). The lowest BCUT2D eigenvalue weighted by Crippen LogP contribution is -1.98. The molecule has 0 atom stereocenters. The van der Waals surface area contributed by atoms with E-state index in [2.05, 4.69) is 17.3 Å². The van der Waals surface area contributed by atoms with Crippen molar-refractivity contribution in [3.63, 3.8) is 0 Å². The number of benzene rings is 2. The fourth-order valence-corrected chi connectivity index (χ4v) is 3.37. The Bertz CT molecular complexity index is 755. The van der Waals surface area contributed by atoms with Gasteiger partial charge in [-0.15, -0.1) is 4.91 Å². The van der Waals surface area contributed by atoms with Gasteiger partial charge in [-0.05, 0) is 71.0 Å². The Balaban J connectivity index is 1.49. The lowest BCUT2D eigenvalue weighted by Gasteiger charge is -2.08. The minimum atomic E-state index is 0.483. The fourth-order valence-electron chi connectivity index (χ4n) is 3.37. The van der Waals surface area contributed by atoms with Crippen LogP contribution in [-0.4, -0.2) is 12.9 Å². The second-order valence-corrected chi connectivity index (χ2v) is 6.50. The van der Waals surface area contributed by atoms with Gasteiger partial charge in [0.1, 0.15) is 17.7 Å². The first-order valence-corrected chi connectivity index (χ1v) is 8.98. The smallest absolute Gasteiger partial charge is 0.119 e. The second-order valence-electron chi connectivity index (χ2n) is 6.50. The summed E-state index contributed by atoms with van der Waals surface area (Å²) >= 11 is 0. The topological polar surface area (TPSA) is 55.7 Å². The average molecular weight is 337 g/mol. The molecule has 0 aromatic heterocycles. The number of aldehydes is 1. The highest BCUT2D eigenvalue weighted by molar-refractivity contribution is 5.78. The molecule has 1 aliphatic carbocycles. The van der Waals surface area contributed by atoms with E-state index >= 15 is 0 Å². The molecule has 2 aromatic carbocycles. The second kappa shape index (κ2) is 8.56. The lowest BCUT2D eigenvalue weighted by atomic mass is 10.1. The van der Waals surface area contributed by atoms with Crippen LogP contribution in [0.3, 0.4) is 0 Å². The van der Waals surface area contributed by atoms with Gasteiger partial charge in [0.2, 0.25) is 0 Å². The molecular weight excluding hydrogens is 314 g/mol. The Morgan fingerprint density at radius 3 is 2.44 bits per heavy atom. The summed E-state index contributed by atoms with van der Waals surface area (Å²) in [6.07, 6.45) is 7.93. The van der Waals surface area contributed by atoms with Crippen LogP contribution in [0.1, 0.15) is 49.7 Å². The Morgan fingerprint density at radius 2 is 1.64 bits per heavy atom. The van der Waals surface area contributed by atoms with Crippen molar-refractivity contribution in [1.29, 1.82) is 0 Å². The summed E-state index contributed by atoms with van der Waals surface area (Å²) in [6, 6.07) is 11.8. The van der Waals surface area contributed by atoms with Crippen molar-refractivity contribution in [1.82, 2.24) is 0 Å². The zero-order chi connectivity index (χ0) is 17.5. The van der Waals surface area contributed by atoms with Crippen LogP contribution >= 0.6 is 0 Å². The molecule has 25 heavy (non-hydrogen) atoms. The molecular formula is C21H23NO3. The summed E-state index contributed by atoms with van der Waals surface area (Å²) in [5, 5.41) is 3.02. The third-order valence-corrected chi connectivity index (χ3v) is 4.68. The molecule has 0 fully saturated rings. The third kappa shape index (κ3) is 4.32. The summed E-state index contributed by atoms with van der Waals surface area (Å²) in [7, 11) is 0. The van der Waals surface area contributed by atoms with Crippen LogP contribution in [0.4, 0.5) is 5.69 Å². The number of ether oxygens (including phenoxy) is 1. The number of rotatable bonds is 10. The highest BCUT2D eigenvalue weighted by Crippen LogP contribution is 2.39. The van der Waals surface area contributed by atoms with Crippen molar-refractivity contribution in [3.05, 3.63) is 52.4 Å². The van der Waals surface area contributed by atoms with Crippen LogP contribution in [0.25, 0.3) is 11.1 Å². The molecule has 1 aliphatic rings. The summed E-state index contributed by atoms with van der Waals surface area (Å²) in [5.41, 5.74) is 5.28. The summed E-state index contributed by atoms with van der Waals surface area (Å²) in [4.78, 5) is 20.9. The molecule has 0 N–H and O–H groups in total. The molecule has 0 unspecified atom stereocenters. The van der Waals surface area contributed by atoms with E-state index in [0.717, 1.165) is 62.7 Å². The number of carbonyl (C=O) groups is 1. The van der Waals surface area contributed by atoms with E-state index in [4.69, 9.17) is 4.74 Å². The van der Waals surface area contributed by atoms with Crippen LogP contribution in [0.15, 0.2) is 41.6 Å². The first-order valence-electron chi connectivity index (χ1n) is 8.98. The van der Waals surface area contributed by atoms with E-state index in [9.17, 15) is 9.70 Å². The number of fused-ring (bicyclic) bond motifs is 3. The van der Waals surface area contributed by atoms with Gasteiger partial charge in [0.15, 0.2) is 0 Å². The molecule has 0 heterocycles. The minimum absolute atomic E-state index is 0.483. The standard InChI is InChI=1S/C21H23NO3/c23-11-5-3-1-2-4-6-12-25-19-8-10-21-17(15-19)13-16-14-18(22-24)7-9-20(16)21/h7-11,14-15H,1-6,12-13H2. The van der Waals surface area contributed by atoms with Crippen molar-refractivity contribution < 1.29 is 9.53 Å². The zero-order valence-electron chi connectivity index (χ0n) is 14.4. The van der Waals surface area contributed by atoms with E-state index in [1.54, 1.807) is 6.07 Å². The van der Waals surface area contributed by atoms with E-state index in [1.165, 1.54) is 16.7 Å². The monoisotopic (exact) mass is 337 g/mol. The van der Waals surface area contributed by atoms with Crippen molar-refractivity contribution in [3.8, 4) is 16.9 Å². The van der Waals surface area contributed by atoms with Gasteiger partial charge in [0.05, 0.1) is 6.61 Å². The molecule has 4 heteroatoms. The number of nitroso groups, excluding NO2 is 1. The molecule has 0 amide bonds. The Labute approximate surface area is 148 Å². The van der Waals surface area contributed by atoms with Crippen LogP contribution in [-0.2, 0) is 11.2 Å². The minimum Gasteiger partial charge on any atom is -0.494 e. The molecule has 0 saturated carbocycles. The molecule has 4 nitrogen and oxygen atoms in total. The van der Waals surface area contributed by atoms with Gasteiger partial charge in [0, 0.05) is 6.42 Å². The molecule has 130 valence electrons. The molecule has 2 aromatic rings.